The minimum atomic E-state index is -0.392. The third-order valence-electron chi connectivity index (χ3n) is 4.91. The second kappa shape index (κ2) is 5.92. The molecule has 4 heterocycles. The standard InChI is InChI=1S/C16H22N6O2/c1-19-10-7-12(17-19)11-21-16(24)22-13(5-4-6-14(22)18-21)15(23)20-8-2-3-9-20/h7,10,13H,2-6,8-9,11H2,1H3. The van der Waals surface area contributed by atoms with Gasteiger partial charge in [0, 0.05) is 32.8 Å². The smallest absolute Gasteiger partial charge is 0.341 e. The normalized spacial score (nSPS) is 20.4. The average molecular weight is 330 g/mol. The molecule has 0 saturated carbocycles. The van der Waals surface area contributed by atoms with Gasteiger partial charge in [0.25, 0.3) is 0 Å². The van der Waals surface area contributed by atoms with Gasteiger partial charge in [0.2, 0.25) is 5.91 Å². The third-order valence-corrected chi connectivity index (χ3v) is 4.91. The number of nitrogens with zero attached hydrogens (tertiary/aromatic N) is 6. The Morgan fingerprint density at radius 2 is 2.04 bits per heavy atom. The number of aromatic nitrogens is 5. The molecule has 0 N–H and O–H groups in total. The fraction of sp³-hybridized carbons (Fsp3) is 0.625. The number of carbonyl (C=O) groups excluding carboxylic acids is 1. The molecule has 2 aliphatic heterocycles. The van der Waals surface area contributed by atoms with E-state index in [9.17, 15) is 9.59 Å². The van der Waals surface area contributed by atoms with Crippen LogP contribution in [0.3, 0.4) is 0 Å². The average Bonchev–Trinajstić information content (AvgIpc) is 3.29. The van der Waals surface area contributed by atoms with Crippen LogP contribution in [0.15, 0.2) is 17.1 Å². The number of aryl methyl sites for hydroxylation is 2. The van der Waals surface area contributed by atoms with Crippen molar-refractivity contribution in [3.8, 4) is 0 Å². The van der Waals surface area contributed by atoms with Crippen LogP contribution in [-0.4, -0.2) is 48.0 Å². The number of likely N-dealkylation sites (tertiary alicyclic amines) is 1. The van der Waals surface area contributed by atoms with Crippen LogP contribution in [0.4, 0.5) is 0 Å². The van der Waals surface area contributed by atoms with Crippen LogP contribution in [0, 0.1) is 0 Å². The van der Waals surface area contributed by atoms with E-state index < -0.39 is 6.04 Å². The maximum Gasteiger partial charge on any atom is 0.347 e. The third kappa shape index (κ3) is 2.55. The first kappa shape index (κ1) is 15.2. The molecule has 1 unspecified atom stereocenters. The Labute approximate surface area is 139 Å². The molecule has 2 aromatic rings. The van der Waals surface area contributed by atoms with Gasteiger partial charge in [0.05, 0.1) is 12.2 Å². The van der Waals surface area contributed by atoms with E-state index in [2.05, 4.69) is 10.2 Å². The topological polar surface area (TPSA) is 78.0 Å². The molecule has 0 aliphatic carbocycles. The van der Waals surface area contributed by atoms with Crippen LogP contribution in [-0.2, 0) is 24.8 Å². The lowest BCUT2D eigenvalue weighted by atomic mass is 10.0. The van der Waals surface area contributed by atoms with Crippen molar-refractivity contribution in [2.45, 2.75) is 44.7 Å². The molecule has 8 heteroatoms. The molecule has 2 aromatic heterocycles. The maximum absolute atomic E-state index is 12.8. The number of hydrogen-bond donors (Lipinski definition) is 0. The Morgan fingerprint density at radius 1 is 1.25 bits per heavy atom. The first-order valence-corrected chi connectivity index (χ1v) is 8.59. The number of rotatable bonds is 3. The van der Waals surface area contributed by atoms with Gasteiger partial charge in [-0.25, -0.2) is 9.48 Å². The SMILES string of the molecule is Cn1ccc(Cn2nc3n(c2=O)C(C(=O)N2CCCC2)CCC3)n1. The molecule has 0 aromatic carbocycles. The molecule has 128 valence electrons. The number of fused-ring (bicyclic) bond motifs is 1. The Hall–Kier alpha value is -2.38. The number of carbonyl (C=O) groups is 1. The molecule has 1 saturated heterocycles. The molecule has 0 bridgehead atoms. The maximum atomic E-state index is 12.8. The van der Waals surface area contributed by atoms with E-state index in [0.29, 0.717) is 6.54 Å². The number of hydrogen-bond acceptors (Lipinski definition) is 4. The highest BCUT2D eigenvalue weighted by Gasteiger charge is 2.34. The molecule has 0 spiro atoms. The lowest BCUT2D eigenvalue weighted by Crippen LogP contribution is -2.41. The van der Waals surface area contributed by atoms with E-state index in [1.54, 1.807) is 9.25 Å². The summed E-state index contributed by atoms with van der Waals surface area (Å²) in [7, 11) is 1.84. The van der Waals surface area contributed by atoms with E-state index in [0.717, 1.165) is 56.7 Å². The zero-order valence-electron chi connectivity index (χ0n) is 13.9. The zero-order chi connectivity index (χ0) is 16.7. The van der Waals surface area contributed by atoms with Gasteiger partial charge in [-0.05, 0) is 31.7 Å². The minimum Gasteiger partial charge on any atom is -0.341 e. The summed E-state index contributed by atoms with van der Waals surface area (Å²) in [6.45, 7) is 1.95. The summed E-state index contributed by atoms with van der Waals surface area (Å²) in [6, 6.07) is 1.48. The first-order valence-electron chi connectivity index (χ1n) is 8.59. The van der Waals surface area contributed by atoms with Gasteiger partial charge in [0.15, 0.2) is 0 Å². The molecule has 24 heavy (non-hydrogen) atoms. The molecule has 1 fully saturated rings. The van der Waals surface area contributed by atoms with Gasteiger partial charge in [-0.1, -0.05) is 0 Å². The highest BCUT2D eigenvalue weighted by Crippen LogP contribution is 2.25. The summed E-state index contributed by atoms with van der Waals surface area (Å²) >= 11 is 0. The molecule has 8 nitrogen and oxygen atoms in total. The van der Waals surface area contributed by atoms with Gasteiger partial charge in [-0.2, -0.15) is 10.2 Å². The fourth-order valence-electron chi connectivity index (χ4n) is 3.72. The molecule has 4 rings (SSSR count). The van der Waals surface area contributed by atoms with E-state index in [-0.39, 0.29) is 11.6 Å². The van der Waals surface area contributed by atoms with Gasteiger partial charge in [-0.15, -0.1) is 0 Å². The van der Waals surface area contributed by atoms with Crippen molar-refractivity contribution in [1.82, 2.24) is 29.0 Å². The van der Waals surface area contributed by atoms with Crippen LogP contribution >= 0.6 is 0 Å². The lowest BCUT2D eigenvalue weighted by Gasteiger charge is -2.27. The van der Waals surface area contributed by atoms with Crippen molar-refractivity contribution in [2.75, 3.05) is 13.1 Å². The Balaban J connectivity index is 1.64. The van der Waals surface area contributed by atoms with Gasteiger partial charge in [0.1, 0.15) is 11.9 Å². The Bertz CT molecular complexity index is 811. The van der Waals surface area contributed by atoms with Crippen molar-refractivity contribution in [2.24, 2.45) is 7.05 Å². The van der Waals surface area contributed by atoms with E-state index >= 15 is 0 Å². The van der Waals surface area contributed by atoms with Crippen LogP contribution < -0.4 is 5.69 Å². The second-order valence-electron chi connectivity index (χ2n) is 6.65. The highest BCUT2D eigenvalue weighted by atomic mass is 16.2. The van der Waals surface area contributed by atoms with E-state index in [1.165, 1.54) is 4.68 Å². The quantitative estimate of drug-likeness (QED) is 0.812. The zero-order valence-corrected chi connectivity index (χ0v) is 13.9. The van der Waals surface area contributed by atoms with Crippen LogP contribution in [0.5, 0.6) is 0 Å². The summed E-state index contributed by atoms with van der Waals surface area (Å²) in [5.74, 6) is 0.799. The van der Waals surface area contributed by atoms with Gasteiger partial charge >= 0.3 is 5.69 Å². The number of amides is 1. The molecule has 1 amide bonds. The first-order chi connectivity index (χ1) is 11.6. The predicted molar refractivity (Wildman–Crippen MR) is 86.6 cm³/mol. The molecular formula is C16H22N6O2. The van der Waals surface area contributed by atoms with Crippen LogP contribution in [0.25, 0.3) is 0 Å². The van der Waals surface area contributed by atoms with Crippen molar-refractivity contribution in [3.63, 3.8) is 0 Å². The van der Waals surface area contributed by atoms with Gasteiger partial charge in [-0.3, -0.25) is 14.0 Å². The van der Waals surface area contributed by atoms with E-state index in [4.69, 9.17) is 0 Å². The van der Waals surface area contributed by atoms with Gasteiger partial charge < -0.3 is 4.90 Å². The highest BCUT2D eigenvalue weighted by molar-refractivity contribution is 5.80. The monoisotopic (exact) mass is 330 g/mol. The molecule has 0 radical (unpaired) electrons. The van der Waals surface area contributed by atoms with Crippen molar-refractivity contribution in [3.05, 3.63) is 34.3 Å². The van der Waals surface area contributed by atoms with Crippen molar-refractivity contribution in [1.29, 1.82) is 0 Å². The summed E-state index contributed by atoms with van der Waals surface area (Å²) in [5.41, 5.74) is 0.588. The Kier molecular flexibility index (Phi) is 3.74. The largest absolute Gasteiger partial charge is 0.347 e. The van der Waals surface area contributed by atoms with Crippen molar-refractivity contribution < 1.29 is 4.79 Å². The fourth-order valence-corrected chi connectivity index (χ4v) is 3.72. The summed E-state index contributed by atoms with van der Waals surface area (Å²) in [5, 5.41) is 8.76. The van der Waals surface area contributed by atoms with Crippen molar-refractivity contribution >= 4 is 5.91 Å². The predicted octanol–water partition coefficient (Wildman–Crippen LogP) is 0.326. The summed E-state index contributed by atoms with van der Waals surface area (Å²) in [4.78, 5) is 27.5. The molecule has 2 aliphatic rings. The summed E-state index contributed by atoms with van der Waals surface area (Å²) < 4.78 is 4.76. The lowest BCUT2D eigenvalue weighted by molar-refractivity contribution is -0.134. The van der Waals surface area contributed by atoms with Crippen LogP contribution in [0.1, 0.15) is 43.2 Å². The Morgan fingerprint density at radius 3 is 2.75 bits per heavy atom. The molecule has 1 atom stereocenters. The molecular weight excluding hydrogens is 308 g/mol. The summed E-state index contributed by atoms with van der Waals surface area (Å²) in [6.07, 6.45) is 6.31. The minimum absolute atomic E-state index is 0.0768. The second-order valence-corrected chi connectivity index (χ2v) is 6.65. The van der Waals surface area contributed by atoms with Crippen LogP contribution in [0.2, 0.25) is 0 Å². The van der Waals surface area contributed by atoms with E-state index in [1.807, 2.05) is 24.2 Å².